The van der Waals surface area contributed by atoms with E-state index in [1.807, 2.05) is 6.08 Å². The summed E-state index contributed by atoms with van der Waals surface area (Å²) < 4.78 is 47.4. The van der Waals surface area contributed by atoms with Crippen LogP contribution in [0, 0.1) is 0 Å². The Hall–Kier alpha value is -4.44. The number of halogens is 4. The van der Waals surface area contributed by atoms with E-state index >= 15 is 0 Å². The number of anilines is 2. The standard InChI is InChI=1S/C28H30ClF3N8O5/c1-3-20-22(37-8-10-38(11-9-37)26(44)24(42)33-2)25(43)40-27(35-23(36-40)16-6-12-45-13-7-16)39(20)15-21(41)34-19-5-4-17(14-18(19)29)28(30,31)32/h4-6,14H,3,7-13,15H2,1-2H3,(H,33,42)(H,34,41). The summed E-state index contributed by atoms with van der Waals surface area (Å²) in [5, 5.41) is 9.06. The lowest BCUT2D eigenvalue weighted by Crippen LogP contribution is -2.53. The average molecular weight is 651 g/mol. The van der Waals surface area contributed by atoms with Crippen LogP contribution in [0.5, 0.6) is 0 Å². The van der Waals surface area contributed by atoms with Gasteiger partial charge in [-0.2, -0.15) is 22.7 Å². The molecule has 0 saturated carbocycles. The van der Waals surface area contributed by atoms with Gasteiger partial charge in [0.05, 0.1) is 35.2 Å². The van der Waals surface area contributed by atoms with Crippen molar-refractivity contribution in [3.05, 3.63) is 56.7 Å². The molecule has 4 heterocycles. The molecule has 0 spiro atoms. The molecule has 240 valence electrons. The molecule has 1 fully saturated rings. The highest BCUT2D eigenvalue weighted by atomic mass is 35.5. The Kier molecular flexibility index (Phi) is 9.16. The largest absolute Gasteiger partial charge is 0.416 e. The van der Waals surface area contributed by atoms with E-state index in [0.717, 1.165) is 28.3 Å². The van der Waals surface area contributed by atoms with Gasteiger partial charge in [0, 0.05) is 33.2 Å². The molecule has 13 nitrogen and oxygen atoms in total. The highest BCUT2D eigenvalue weighted by Crippen LogP contribution is 2.34. The molecule has 3 amide bonds. The van der Waals surface area contributed by atoms with Crippen LogP contribution in [0.3, 0.4) is 0 Å². The van der Waals surface area contributed by atoms with Crippen molar-refractivity contribution < 1.29 is 32.3 Å². The fraction of sp³-hybridized carbons (Fsp3) is 0.429. The fourth-order valence-electron chi connectivity index (χ4n) is 5.31. The summed E-state index contributed by atoms with van der Waals surface area (Å²) in [6, 6.07) is 2.61. The van der Waals surface area contributed by atoms with Crippen LogP contribution in [-0.2, 0) is 38.3 Å². The van der Waals surface area contributed by atoms with Crippen molar-refractivity contribution in [2.24, 2.45) is 0 Å². The molecule has 0 aliphatic carbocycles. The van der Waals surface area contributed by atoms with Gasteiger partial charge in [-0.1, -0.05) is 24.6 Å². The number of amides is 3. The van der Waals surface area contributed by atoms with Gasteiger partial charge in [-0.05, 0) is 36.6 Å². The topological polar surface area (TPSA) is 143 Å². The summed E-state index contributed by atoms with van der Waals surface area (Å²) in [6.07, 6.45) is -1.97. The van der Waals surface area contributed by atoms with Crippen molar-refractivity contribution in [3.8, 4) is 0 Å². The zero-order chi connectivity index (χ0) is 32.5. The van der Waals surface area contributed by atoms with Crippen LogP contribution in [0.15, 0.2) is 29.1 Å². The SMILES string of the molecule is CCc1c(N2CCN(C(=O)C(=O)NC)CC2)c(=O)n2nc(C3=CCOCC3)nc2n1CC(=O)Nc1ccc(C(F)(F)F)cc1Cl. The van der Waals surface area contributed by atoms with E-state index in [-0.39, 0.29) is 54.9 Å². The Bertz CT molecular complexity index is 1740. The number of ether oxygens (including phenoxy) is 1. The van der Waals surface area contributed by atoms with Crippen LogP contribution < -0.4 is 21.1 Å². The zero-order valence-electron chi connectivity index (χ0n) is 24.4. The third-order valence-electron chi connectivity index (χ3n) is 7.59. The molecule has 0 unspecified atom stereocenters. The minimum absolute atomic E-state index is 0.0172. The van der Waals surface area contributed by atoms with Gasteiger partial charge in [0.2, 0.25) is 11.7 Å². The van der Waals surface area contributed by atoms with Crippen molar-refractivity contribution in [2.75, 3.05) is 56.7 Å². The lowest BCUT2D eigenvalue weighted by Gasteiger charge is -2.36. The van der Waals surface area contributed by atoms with E-state index in [9.17, 15) is 32.3 Å². The van der Waals surface area contributed by atoms with Crippen molar-refractivity contribution in [1.29, 1.82) is 0 Å². The summed E-state index contributed by atoms with van der Waals surface area (Å²) in [6.45, 7) is 3.06. The fourth-order valence-corrected chi connectivity index (χ4v) is 5.53. The minimum atomic E-state index is -4.60. The summed E-state index contributed by atoms with van der Waals surface area (Å²) in [4.78, 5) is 59.4. The van der Waals surface area contributed by atoms with E-state index in [2.05, 4.69) is 20.7 Å². The lowest BCUT2D eigenvalue weighted by molar-refractivity contribution is -0.145. The molecule has 5 rings (SSSR count). The van der Waals surface area contributed by atoms with Gasteiger partial charge in [0.25, 0.3) is 5.56 Å². The van der Waals surface area contributed by atoms with Crippen molar-refractivity contribution >= 4 is 52.0 Å². The smallest absolute Gasteiger partial charge is 0.377 e. The first-order chi connectivity index (χ1) is 21.4. The molecule has 17 heteroatoms. The number of rotatable bonds is 6. The molecule has 2 aromatic heterocycles. The van der Waals surface area contributed by atoms with E-state index in [1.165, 1.54) is 11.9 Å². The minimum Gasteiger partial charge on any atom is -0.377 e. The van der Waals surface area contributed by atoms with Gasteiger partial charge in [-0.15, -0.1) is 5.10 Å². The van der Waals surface area contributed by atoms with Gasteiger partial charge >= 0.3 is 18.0 Å². The monoisotopic (exact) mass is 650 g/mol. The number of hydrogen-bond acceptors (Lipinski definition) is 8. The van der Waals surface area contributed by atoms with E-state index < -0.39 is 35.0 Å². The molecule has 0 bridgehead atoms. The maximum atomic E-state index is 14.0. The van der Waals surface area contributed by atoms with E-state index in [1.54, 1.807) is 16.4 Å². The van der Waals surface area contributed by atoms with Crippen molar-refractivity contribution in [3.63, 3.8) is 0 Å². The Morgan fingerprint density at radius 1 is 1.13 bits per heavy atom. The summed E-state index contributed by atoms with van der Waals surface area (Å²) in [5.74, 6) is -1.64. The second kappa shape index (κ2) is 12.9. The molecule has 2 N–H and O–H groups in total. The molecular weight excluding hydrogens is 621 g/mol. The highest BCUT2D eigenvalue weighted by molar-refractivity contribution is 6.35. The van der Waals surface area contributed by atoms with Crippen LogP contribution in [0.1, 0.15) is 30.4 Å². The number of benzene rings is 1. The van der Waals surface area contributed by atoms with Crippen LogP contribution >= 0.6 is 11.6 Å². The molecule has 2 aliphatic rings. The number of nitrogens with zero attached hydrogens (tertiary/aromatic N) is 6. The quantitative estimate of drug-likeness (QED) is 0.386. The predicted molar refractivity (Wildman–Crippen MR) is 158 cm³/mol. The number of aromatic nitrogens is 4. The number of alkyl halides is 3. The number of carbonyl (C=O) groups excluding carboxylic acids is 3. The van der Waals surface area contributed by atoms with Gasteiger partial charge < -0.3 is 29.7 Å². The first-order valence-corrected chi connectivity index (χ1v) is 14.5. The average Bonchev–Trinajstić information content (AvgIpc) is 3.48. The van der Waals surface area contributed by atoms with Gasteiger partial charge in [-0.25, -0.2) is 0 Å². The number of likely N-dealkylation sites (N-methyl/N-ethyl adjacent to an activating group) is 1. The first kappa shape index (κ1) is 32.0. The molecule has 0 radical (unpaired) electrons. The molecule has 0 atom stereocenters. The van der Waals surface area contributed by atoms with Crippen LogP contribution in [-0.4, -0.2) is 88.2 Å². The van der Waals surface area contributed by atoms with Crippen LogP contribution in [0.25, 0.3) is 11.4 Å². The van der Waals surface area contributed by atoms with Crippen LogP contribution in [0.2, 0.25) is 5.02 Å². The number of carbonyl (C=O) groups is 3. The molecule has 45 heavy (non-hydrogen) atoms. The third kappa shape index (κ3) is 6.51. The summed E-state index contributed by atoms with van der Waals surface area (Å²) in [5.41, 5.74) is 0.0547. The van der Waals surface area contributed by atoms with Gasteiger partial charge in [-0.3, -0.25) is 19.2 Å². The summed E-state index contributed by atoms with van der Waals surface area (Å²) in [7, 11) is 1.37. The normalized spacial score (nSPS) is 15.6. The number of fused-ring (bicyclic) bond motifs is 1. The Morgan fingerprint density at radius 2 is 1.87 bits per heavy atom. The number of piperazine rings is 1. The van der Waals surface area contributed by atoms with Crippen molar-refractivity contribution in [2.45, 2.75) is 32.5 Å². The zero-order valence-corrected chi connectivity index (χ0v) is 25.2. The second-order valence-electron chi connectivity index (χ2n) is 10.3. The van der Waals surface area contributed by atoms with E-state index in [0.29, 0.717) is 37.6 Å². The molecule has 2 aliphatic heterocycles. The molecular formula is C28H30ClF3N8O5. The Balaban J connectivity index is 1.53. The molecule has 1 saturated heterocycles. The van der Waals surface area contributed by atoms with Gasteiger partial charge in [0.1, 0.15) is 12.2 Å². The number of nitrogens with one attached hydrogen (secondary N) is 2. The first-order valence-electron chi connectivity index (χ1n) is 14.1. The number of hydrogen-bond donors (Lipinski definition) is 2. The molecule has 3 aromatic rings. The maximum Gasteiger partial charge on any atom is 0.416 e. The Labute approximate surface area is 259 Å². The molecule has 1 aromatic carbocycles. The van der Waals surface area contributed by atoms with E-state index in [4.69, 9.17) is 16.3 Å². The second-order valence-corrected chi connectivity index (χ2v) is 10.7. The predicted octanol–water partition coefficient (Wildman–Crippen LogP) is 1.96. The summed E-state index contributed by atoms with van der Waals surface area (Å²) >= 11 is 6.07. The van der Waals surface area contributed by atoms with Crippen LogP contribution in [0.4, 0.5) is 24.5 Å². The maximum absolute atomic E-state index is 14.0. The van der Waals surface area contributed by atoms with Gasteiger partial charge in [0.15, 0.2) is 5.82 Å². The highest BCUT2D eigenvalue weighted by Gasteiger charge is 2.32. The van der Waals surface area contributed by atoms with Crippen molar-refractivity contribution in [1.82, 2.24) is 29.4 Å². The lowest BCUT2D eigenvalue weighted by atomic mass is 10.1. The Morgan fingerprint density at radius 3 is 2.47 bits per heavy atom. The third-order valence-corrected chi connectivity index (χ3v) is 7.90.